The van der Waals surface area contributed by atoms with Crippen molar-refractivity contribution in [3.8, 4) is 17.2 Å². The Kier molecular flexibility index (Phi) is 7.72. The van der Waals surface area contributed by atoms with E-state index in [-0.39, 0.29) is 0 Å². The summed E-state index contributed by atoms with van der Waals surface area (Å²) in [6, 6.07) is 3.70. The minimum Gasteiger partial charge on any atom is -0.496 e. The molecule has 0 unspecified atom stereocenters. The largest absolute Gasteiger partial charge is 0.496 e. The molecule has 0 aliphatic carbocycles. The summed E-state index contributed by atoms with van der Waals surface area (Å²) < 4.78 is 18.0. The molecule has 0 radical (unpaired) electrons. The van der Waals surface area contributed by atoms with E-state index in [9.17, 15) is 0 Å². The maximum absolute atomic E-state index is 5.49. The predicted molar refractivity (Wildman–Crippen MR) is 104 cm³/mol. The molecule has 2 N–H and O–H groups in total. The van der Waals surface area contributed by atoms with E-state index < -0.39 is 0 Å². The molecule has 148 valence electrons. The molecule has 27 heavy (non-hydrogen) atoms. The maximum atomic E-state index is 5.49. The lowest BCUT2D eigenvalue weighted by Crippen LogP contribution is -2.38. The van der Waals surface area contributed by atoms with E-state index in [1.54, 1.807) is 26.0 Å². The van der Waals surface area contributed by atoms with E-state index in [1.165, 1.54) is 6.33 Å². The topological polar surface area (TPSA) is 94.8 Å². The Morgan fingerprint density at radius 2 is 1.81 bits per heavy atom. The van der Waals surface area contributed by atoms with Crippen LogP contribution in [0.5, 0.6) is 17.2 Å². The third kappa shape index (κ3) is 5.50. The van der Waals surface area contributed by atoms with Crippen LogP contribution in [0.1, 0.15) is 18.3 Å². The fourth-order valence-electron chi connectivity index (χ4n) is 2.58. The van der Waals surface area contributed by atoms with Crippen LogP contribution in [-0.4, -0.2) is 55.1 Å². The lowest BCUT2D eigenvalue weighted by molar-refractivity contribution is 0.368. The van der Waals surface area contributed by atoms with Gasteiger partial charge in [0.1, 0.15) is 35.9 Å². The van der Waals surface area contributed by atoms with Gasteiger partial charge >= 0.3 is 0 Å². The monoisotopic (exact) mass is 376 g/mol. The van der Waals surface area contributed by atoms with Gasteiger partial charge in [-0.05, 0) is 13.3 Å². The highest BCUT2D eigenvalue weighted by Gasteiger charge is 2.13. The zero-order valence-corrected chi connectivity index (χ0v) is 16.6. The molecule has 1 aromatic carbocycles. The first-order chi connectivity index (χ1) is 13.1. The lowest BCUT2D eigenvalue weighted by atomic mass is 10.1. The van der Waals surface area contributed by atoms with Gasteiger partial charge in [0.2, 0.25) is 0 Å². The molecule has 9 heteroatoms. The number of nitrogens with one attached hydrogen (secondary N) is 2. The van der Waals surface area contributed by atoms with Crippen LogP contribution in [0.2, 0.25) is 0 Å². The van der Waals surface area contributed by atoms with Crippen molar-refractivity contribution >= 4 is 5.96 Å². The van der Waals surface area contributed by atoms with Gasteiger partial charge in [0, 0.05) is 37.8 Å². The van der Waals surface area contributed by atoms with E-state index in [2.05, 4.69) is 25.7 Å². The van der Waals surface area contributed by atoms with Crippen molar-refractivity contribution in [1.82, 2.24) is 25.4 Å². The van der Waals surface area contributed by atoms with Crippen molar-refractivity contribution in [2.75, 3.05) is 34.4 Å². The summed E-state index contributed by atoms with van der Waals surface area (Å²) in [6.07, 6.45) is 2.22. The Bertz CT molecular complexity index is 734. The van der Waals surface area contributed by atoms with Crippen molar-refractivity contribution in [3.63, 3.8) is 0 Å². The molecule has 0 amide bonds. The van der Waals surface area contributed by atoms with Gasteiger partial charge in [-0.25, -0.2) is 9.98 Å². The molecule has 0 fully saturated rings. The first kappa shape index (κ1) is 20.3. The Labute approximate surface area is 159 Å². The van der Waals surface area contributed by atoms with Gasteiger partial charge in [-0.3, -0.25) is 4.68 Å². The molecule has 2 aromatic rings. The fourth-order valence-corrected chi connectivity index (χ4v) is 2.58. The SMILES string of the molecule is CCNC(=NCc1ncnn1C)NCCc1c(OC)cc(OC)cc1OC. The van der Waals surface area contributed by atoms with Crippen LogP contribution in [-0.2, 0) is 20.0 Å². The van der Waals surface area contributed by atoms with Crippen LogP contribution in [0.3, 0.4) is 0 Å². The third-order valence-electron chi connectivity index (χ3n) is 4.01. The molecular weight excluding hydrogens is 348 g/mol. The van der Waals surface area contributed by atoms with Gasteiger partial charge in [-0.15, -0.1) is 0 Å². The van der Waals surface area contributed by atoms with Crippen LogP contribution in [0.4, 0.5) is 0 Å². The molecule has 0 aliphatic rings. The van der Waals surface area contributed by atoms with Gasteiger partial charge < -0.3 is 24.8 Å². The van der Waals surface area contributed by atoms with E-state index in [0.29, 0.717) is 31.2 Å². The molecule has 0 spiro atoms. The highest BCUT2D eigenvalue weighted by Crippen LogP contribution is 2.34. The number of guanidine groups is 1. The van der Waals surface area contributed by atoms with Gasteiger partial charge in [0.05, 0.1) is 21.3 Å². The number of methoxy groups -OCH3 is 3. The molecule has 0 saturated carbocycles. The molecule has 0 saturated heterocycles. The summed E-state index contributed by atoms with van der Waals surface area (Å²) in [7, 11) is 6.74. The summed E-state index contributed by atoms with van der Waals surface area (Å²) in [5.41, 5.74) is 0.970. The van der Waals surface area contributed by atoms with Crippen LogP contribution in [0, 0.1) is 0 Å². The lowest BCUT2D eigenvalue weighted by Gasteiger charge is -2.16. The number of rotatable bonds is 9. The number of aromatic nitrogens is 3. The standard InChI is InChI=1S/C18H28N6O3/c1-6-19-18(21-11-17-22-12-23-24(17)2)20-8-7-14-15(26-4)9-13(25-3)10-16(14)27-5/h9-10,12H,6-8,11H2,1-5H3,(H2,19,20,21). The number of benzene rings is 1. The van der Waals surface area contributed by atoms with Crippen LogP contribution in [0.15, 0.2) is 23.5 Å². The van der Waals surface area contributed by atoms with Crippen molar-refractivity contribution in [2.24, 2.45) is 12.0 Å². The van der Waals surface area contributed by atoms with Crippen molar-refractivity contribution in [2.45, 2.75) is 19.9 Å². The van der Waals surface area contributed by atoms with Gasteiger partial charge in [0.15, 0.2) is 5.96 Å². The average molecular weight is 376 g/mol. The van der Waals surface area contributed by atoms with Crippen LogP contribution >= 0.6 is 0 Å². The normalized spacial score (nSPS) is 11.2. The van der Waals surface area contributed by atoms with Gasteiger partial charge in [-0.2, -0.15) is 5.10 Å². The molecule has 0 atom stereocenters. The summed E-state index contributed by atoms with van der Waals surface area (Å²) in [5.74, 6) is 3.67. The zero-order chi connectivity index (χ0) is 19.6. The fraction of sp³-hybridized carbons (Fsp3) is 0.500. The molecule has 0 aliphatic heterocycles. The predicted octanol–water partition coefficient (Wildman–Crippen LogP) is 1.14. The molecule has 2 rings (SSSR count). The maximum Gasteiger partial charge on any atom is 0.191 e. The summed E-state index contributed by atoms with van der Waals surface area (Å²) in [4.78, 5) is 8.73. The number of aryl methyl sites for hydroxylation is 1. The molecule has 1 heterocycles. The second kappa shape index (κ2) is 10.2. The number of ether oxygens (including phenoxy) is 3. The minimum atomic E-state index is 0.445. The van der Waals surface area contributed by atoms with Gasteiger partial charge in [-0.1, -0.05) is 0 Å². The second-order valence-corrected chi connectivity index (χ2v) is 5.68. The van der Waals surface area contributed by atoms with E-state index in [4.69, 9.17) is 14.2 Å². The summed E-state index contributed by atoms with van der Waals surface area (Å²) in [6.45, 7) is 3.89. The number of hydrogen-bond donors (Lipinski definition) is 2. The number of nitrogens with zero attached hydrogens (tertiary/aromatic N) is 4. The van der Waals surface area contributed by atoms with Crippen molar-refractivity contribution in [3.05, 3.63) is 29.8 Å². The Hall–Kier alpha value is -2.97. The first-order valence-corrected chi connectivity index (χ1v) is 8.76. The summed E-state index contributed by atoms with van der Waals surface area (Å²) >= 11 is 0. The third-order valence-corrected chi connectivity index (χ3v) is 4.01. The van der Waals surface area contributed by atoms with Crippen LogP contribution in [0.25, 0.3) is 0 Å². The molecule has 1 aromatic heterocycles. The van der Waals surface area contributed by atoms with Crippen LogP contribution < -0.4 is 24.8 Å². The quantitative estimate of drug-likeness (QED) is 0.500. The highest BCUT2D eigenvalue weighted by molar-refractivity contribution is 5.79. The van der Waals surface area contributed by atoms with E-state index >= 15 is 0 Å². The second-order valence-electron chi connectivity index (χ2n) is 5.68. The highest BCUT2D eigenvalue weighted by atomic mass is 16.5. The minimum absolute atomic E-state index is 0.445. The Morgan fingerprint density at radius 3 is 2.33 bits per heavy atom. The van der Waals surface area contributed by atoms with E-state index in [0.717, 1.165) is 29.4 Å². The zero-order valence-electron chi connectivity index (χ0n) is 16.6. The summed E-state index contributed by atoms with van der Waals surface area (Å²) in [5, 5.41) is 10.6. The first-order valence-electron chi connectivity index (χ1n) is 8.76. The smallest absolute Gasteiger partial charge is 0.191 e. The van der Waals surface area contributed by atoms with E-state index in [1.807, 2.05) is 26.1 Å². The molecule has 9 nitrogen and oxygen atoms in total. The Morgan fingerprint density at radius 1 is 1.11 bits per heavy atom. The Balaban J connectivity index is 2.05. The van der Waals surface area contributed by atoms with Gasteiger partial charge in [0.25, 0.3) is 0 Å². The number of hydrogen-bond acceptors (Lipinski definition) is 6. The number of aliphatic imine (C=N–C) groups is 1. The van der Waals surface area contributed by atoms with Crippen molar-refractivity contribution in [1.29, 1.82) is 0 Å². The molecular formula is C18H28N6O3. The average Bonchev–Trinajstić information content (AvgIpc) is 3.10. The molecule has 0 bridgehead atoms. The van der Waals surface area contributed by atoms with Crippen molar-refractivity contribution < 1.29 is 14.2 Å².